The van der Waals surface area contributed by atoms with Crippen molar-refractivity contribution in [2.24, 2.45) is 11.8 Å². The second-order valence-electron chi connectivity index (χ2n) is 8.89. The number of benzene rings is 3. The lowest BCUT2D eigenvalue weighted by molar-refractivity contribution is -0.123. The molecule has 0 unspecified atom stereocenters. The molecule has 3 aliphatic carbocycles. The standard InChI is InChI=1S/C28H25NO3/c1-3-28-19-13-7-5-11-17(19)23(18-12-6-8-14-20(18)28)24-25(28)27(31)29(26(24)30)21-15-9-10-16-22(21)32-4-2/h5-16,23-25H,3-4H2,1-2H3/t23?,24-,25-,28?/m0/s1. The molecule has 0 spiro atoms. The highest BCUT2D eigenvalue weighted by atomic mass is 16.5. The molecule has 2 bridgehead atoms. The maximum absolute atomic E-state index is 14.1. The number of anilines is 1. The predicted octanol–water partition coefficient (Wildman–Crippen LogP) is 5.05. The SMILES string of the molecule is CCOc1ccccc1N1C(=O)[C@@H]2[C@@H](C1=O)C1c3ccccc3C2(CC)c2ccccc21. The van der Waals surface area contributed by atoms with E-state index in [0.29, 0.717) is 18.0 Å². The van der Waals surface area contributed by atoms with Crippen molar-refractivity contribution in [3.8, 4) is 5.75 Å². The third-order valence-corrected chi connectivity index (χ3v) is 7.76. The summed E-state index contributed by atoms with van der Waals surface area (Å²) in [5, 5.41) is 0. The fourth-order valence-electron chi connectivity index (χ4n) is 6.69. The fraction of sp³-hybridized carbons (Fsp3) is 0.286. The quantitative estimate of drug-likeness (QED) is 0.552. The second kappa shape index (κ2) is 6.80. The number of para-hydroxylation sites is 2. The van der Waals surface area contributed by atoms with Crippen molar-refractivity contribution in [1.82, 2.24) is 0 Å². The zero-order valence-corrected chi connectivity index (χ0v) is 18.2. The first kappa shape index (κ1) is 19.3. The van der Waals surface area contributed by atoms with Crippen LogP contribution in [0.1, 0.15) is 48.4 Å². The van der Waals surface area contributed by atoms with E-state index in [2.05, 4.69) is 43.3 Å². The Hall–Kier alpha value is -3.40. The highest BCUT2D eigenvalue weighted by Gasteiger charge is 2.67. The Morgan fingerprint density at radius 1 is 0.812 bits per heavy atom. The lowest BCUT2D eigenvalue weighted by Gasteiger charge is -2.54. The monoisotopic (exact) mass is 423 g/mol. The smallest absolute Gasteiger partial charge is 0.239 e. The van der Waals surface area contributed by atoms with E-state index in [1.54, 1.807) is 0 Å². The van der Waals surface area contributed by atoms with Gasteiger partial charge in [-0.3, -0.25) is 9.59 Å². The van der Waals surface area contributed by atoms with E-state index in [4.69, 9.17) is 4.74 Å². The van der Waals surface area contributed by atoms with E-state index in [1.165, 1.54) is 27.2 Å². The molecule has 4 nitrogen and oxygen atoms in total. The molecule has 0 aromatic heterocycles. The van der Waals surface area contributed by atoms with Gasteiger partial charge in [0.15, 0.2) is 0 Å². The van der Waals surface area contributed by atoms with Crippen LogP contribution in [0.2, 0.25) is 0 Å². The summed E-state index contributed by atoms with van der Waals surface area (Å²) in [7, 11) is 0. The summed E-state index contributed by atoms with van der Waals surface area (Å²) in [5.41, 5.74) is 4.83. The molecule has 0 N–H and O–H groups in total. The molecule has 2 atom stereocenters. The molecule has 1 saturated heterocycles. The molecular weight excluding hydrogens is 398 g/mol. The molecule has 1 heterocycles. The molecule has 7 rings (SSSR count). The molecule has 0 radical (unpaired) electrons. The highest BCUT2D eigenvalue weighted by Crippen LogP contribution is 2.65. The van der Waals surface area contributed by atoms with Crippen LogP contribution in [0, 0.1) is 11.8 Å². The minimum Gasteiger partial charge on any atom is -0.492 e. The molecule has 3 aromatic carbocycles. The van der Waals surface area contributed by atoms with Gasteiger partial charge >= 0.3 is 0 Å². The van der Waals surface area contributed by atoms with Crippen molar-refractivity contribution in [1.29, 1.82) is 0 Å². The molecule has 0 saturated carbocycles. The van der Waals surface area contributed by atoms with Gasteiger partial charge in [-0.15, -0.1) is 0 Å². The Morgan fingerprint density at radius 2 is 1.41 bits per heavy atom. The molecule has 1 fully saturated rings. The maximum Gasteiger partial charge on any atom is 0.239 e. The van der Waals surface area contributed by atoms with Crippen molar-refractivity contribution >= 4 is 17.5 Å². The van der Waals surface area contributed by atoms with Gasteiger partial charge in [0.2, 0.25) is 11.8 Å². The molecule has 4 heteroatoms. The molecule has 4 aliphatic rings. The van der Waals surface area contributed by atoms with Gasteiger partial charge in [0.25, 0.3) is 0 Å². The Bertz CT molecular complexity index is 1220. The predicted molar refractivity (Wildman–Crippen MR) is 123 cm³/mol. The van der Waals surface area contributed by atoms with Gasteiger partial charge in [-0.05, 0) is 47.7 Å². The normalized spacial score (nSPS) is 27.2. The lowest BCUT2D eigenvalue weighted by atomic mass is 9.46. The van der Waals surface area contributed by atoms with E-state index < -0.39 is 17.3 Å². The van der Waals surface area contributed by atoms with Crippen molar-refractivity contribution in [3.05, 3.63) is 95.1 Å². The van der Waals surface area contributed by atoms with Crippen LogP contribution in [0.15, 0.2) is 72.8 Å². The Kier molecular flexibility index (Phi) is 4.10. The van der Waals surface area contributed by atoms with Gasteiger partial charge in [-0.25, -0.2) is 4.90 Å². The van der Waals surface area contributed by atoms with Gasteiger partial charge < -0.3 is 4.74 Å². The lowest BCUT2D eigenvalue weighted by Crippen LogP contribution is -2.53. The zero-order chi connectivity index (χ0) is 22.0. The van der Waals surface area contributed by atoms with Crippen LogP contribution in [-0.4, -0.2) is 18.4 Å². The number of carbonyl (C=O) groups is 2. The number of hydrogen-bond donors (Lipinski definition) is 0. The van der Waals surface area contributed by atoms with Gasteiger partial charge in [0.1, 0.15) is 5.75 Å². The summed E-state index contributed by atoms with van der Waals surface area (Å²) in [5.74, 6) is -0.571. The molecular formula is C28H25NO3. The topological polar surface area (TPSA) is 46.6 Å². The van der Waals surface area contributed by atoms with E-state index in [-0.39, 0.29) is 17.7 Å². The number of hydrogen-bond acceptors (Lipinski definition) is 3. The summed E-state index contributed by atoms with van der Waals surface area (Å²) in [6.07, 6.45) is 0.759. The van der Waals surface area contributed by atoms with Crippen LogP contribution in [0.4, 0.5) is 5.69 Å². The molecule has 3 aromatic rings. The second-order valence-corrected chi connectivity index (χ2v) is 8.89. The summed E-state index contributed by atoms with van der Waals surface area (Å²) in [6.45, 7) is 4.52. The van der Waals surface area contributed by atoms with Gasteiger partial charge in [-0.1, -0.05) is 67.6 Å². The van der Waals surface area contributed by atoms with Crippen LogP contribution >= 0.6 is 0 Å². The van der Waals surface area contributed by atoms with Crippen LogP contribution in [0.25, 0.3) is 0 Å². The Balaban J connectivity index is 1.61. The highest BCUT2D eigenvalue weighted by molar-refractivity contribution is 6.24. The number of nitrogens with zero attached hydrogens (tertiary/aromatic N) is 1. The van der Waals surface area contributed by atoms with E-state index in [9.17, 15) is 9.59 Å². The molecule has 1 aliphatic heterocycles. The fourth-order valence-corrected chi connectivity index (χ4v) is 6.69. The number of ether oxygens (including phenoxy) is 1. The third-order valence-electron chi connectivity index (χ3n) is 7.76. The van der Waals surface area contributed by atoms with Crippen molar-refractivity contribution in [2.45, 2.75) is 31.6 Å². The first-order valence-electron chi connectivity index (χ1n) is 11.4. The van der Waals surface area contributed by atoms with E-state index in [1.807, 2.05) is 43.3 Å². The van der Waals surface area contributed by atoms with E-state index >= 15 is 0 Å². The summed E-state index contributed by atoms with van der Waals surface area (Å²) in [6, 6.07) is 24.2. The Labute approximate surface area is 187 Å². The molecule has 160 valence electrons. The third kappa shape index (κ3) is 2.17. The first-order valence-corrected chi connectivity index (χ1v) is 11.4. The first-order chi connectivity index (χ1) is 15.6. The minimum atomic E-state index is -0.505. The summed E-state index contributed by atoms with van der Waals surface area (Å²) in [4.78, 5) is 29.6. The van der Waals surface area contributed by atoms with Gasteiger partial charge in [0, 0.05) is 11.3 Å². The van der Waals surface area contributed by atoms with Crippen LogP contribution in [-0.2, 0) is 15.0 Å². The number of rotatable bonds is 4. The van der Waals surface area contributed by atoms with Crippen LogP contribution in [0.5, 0.6) is 5.75 Å². The van der Waals surface area contributed by atoms with E-state index in [0.717, 1.165) is 6.42 Å². The summed E-state index contributed by atoms with van der Waals surface area (Å²) >= 11 is 0. The van der Waals surface area contributed by atoms with Crippen LogP contribution in [0.3, 0.4) is 0 Å². The maximum atomic E-state index is 14.1. The molecule has 32 heavy (non-hydrogen) atoms. The number of amides is 2. The van der Waals surface area contributed by atoms with Gasteiger partial charge in [0.05, 0.1) is 24.1 Å². The minimum absolute atomic E-state index is 0.108. The largest absolute Gasteiger partial charge is 0.492 e. The summed E-state index contributed by atoms with van der Waals surface area (Å²) < 4.78 is 5.80. The van der Waals surface area contributed by atoms with Crippen molar-refractivity contribution in [3.63, 3.8) is 0 Å². The van der Waals surface area contributed by atoms with Crippen molar-refractivity contribution < 1.29 is 14.3 Å². The Morgan fingerprint density at radius 3 is 2.03 bits per heavy atom. The number of carbonyl (C=O) groups excluding carboxylic acids is 2. The van der Waals surface area contributed by atoms with Crippen LogP contribution < -0.4 is 9.64 Å². The average Bonchev–Trinajstić information content (AvgIpc) is 3.10. The average molecular weight is 424 g/mol. The molecule has 2 amide bonds. The van der Waals surface area contributed by atoms with Crippen molar-refractivity contribution in [2.75, 3.05) is 11.5 Å². The van der Waals surface area contributed by atoms with Gasteiger partial charge in [-0.2, -0.15) is 0 Å². The zero-order valence-electron chi connectivity index (χ0n) is 18.2. The number of imide groups is 1.